The van der Waals surface area contributed by atoms with Gasteiger partial charge in [-0.3, -0.25) is 4.79 Å². The van der Waals surface area contributed by atoms with Crippen molar-refractivity contribution in [1.82, 2.24) is 0 Å². The third kappa shape index (κ3) is 4.48. The molecule has 1 aliphatic heterocycles. The fraction of sp³-hybridized carbons (Fsp3) is 0.529. The molecule has 1 heterocycles. The summed E-state index contributed by atoms with van der Waals surface area (Å²) in [5.41, 5.74) is 1.14. The molecule has 0 fully saturated rings. The van der Waals surface area contributed by atoms with Crippen LogP contribution in [0.2, 0.25) is 0 Å². The second-order valence-corrected chi connectivity index (χ2v) is 6.14. The number of alkyl halides is 1. The van der Waals surface area contributed by atoms with E-state index in [1.54, 1.807) is 19.1 Å². The van der Waals surface area contributed by atoms with Crippen molar-refractivity contribution >= 4 is 27.7 Å². The number of unbranched alkanes of at least 4 members (excludes halogenated alkanes) is 1. The molecule has 24 heavy (non-hydrogen) atoms. The Morgan fingerprint density at radius 3 is 2.88 bits per heavy atom. The van der Waals surface area contributed by atoms with Crippen molar-refractivity contribution in [3.63, 3.8) is 0 Å². The molecule has 6 nitrogen and oxygen atoms in total. The average Bonchev–Trinajstić information content (AvgIpc) is 2.59. The lowest BCUT2D eigenvalue weighted by molar-refractivity contribution is -0.146. The number of rotatable bonds is 8. The second kappa shape index (κ2) is 9.03. The zero-order valence-electron chi connectivity index (χ0n) is 13.8. The average molecular weight is 401 g/mol. The van der Waals surface area contributed by atoms with Gasteiger partial charge in [-0.1, -0.05) is 15.9 Å². The van der Waals surface area contributed by atoms with E-state index >= 15 is 0 Å². The van der Waals surface area contributed by atoms with Crippen molar-refractivity contribution in [2.24, 2.45) is 0 Å². The molecule has 0 N–H and O–H groups in total. The first kappa shape index (κ1) is 18.7. The molecule has 132 valence electrons. The summed E-state index contributed by atoms with van der Waals surface area (Å²) in [4.78, 5) is 24.0. The van der Waals surface area contributed by atoms with Gasteiger partial charge in [0.1, 0.15) is 6.10 Å². The summed E-state index contributed by atoms with van der Waals surface area (Å²) >= 11 is 3.32. The molecule has 0 amide bonds. The first-order chi connectivity index (χ1) is 11.6. The van der Waals surface area contributed by atoms with E-state index in [2.05, 4.69) is 15.9 Å². The highest BCUT2D eigenvalue weighted by Gasteiger charge is 2.29. The first-order valence-electron chi connectivity index (χ1n) is 7.78. The summed E-state index contributed by atoms with van der Waals surface area (Å²) in [6.07, 6.45) is 1.24. The lowest BCUT2D eigenvalue weighted by Gasteiger charge is -2.24. The maximum Gasteiger partial charge on any atom is 0.344 e. The van der Waals surface area contributed by atoms with Gasteiger partial charge in [-0.2, -0.15) is 0 Å². The van der Waals surface area contributed by atoms with E-state index in [-0.39, 0.29) is 19.0 Å². The minimum Gasteiger partial charge on any atom is -0.493 e. The summed E-state index contributed by atoms with van der Waals surface area (Å²) in [6.45, 7) is 2.05. The van der Waals surface area contributed by atoms with Crippen LogP contribution in [0.3, 0.4) is 0 Å². The zero-order chi connectivity index (χ0) is 17.5. The van der Waals surface area contributed by atoms with Crippen LogP contribution >= 0.6 is 15.9 Å². The smallest absolute Gasteiger partial charge is 0.344 e. The molecule has 1 unspecified atom stereocenters. The molecule has 0 bridgehead atoms. The lowest BCUT2D eigenvalue weighted by atomic mass is 9.97. The van der Waals surface area contributed by atoms with Gasteiger partial charge in [-0.25, -0.2) is 4.79 Å². The summed E-state index contributed by atoms with van der Waals surface area (Å²) < 4.78 is 21.4. The van der Waals surface area contributed by atoms with Gasteiger partial charge in [-0.05, 0) is 31.9 Å². The number of ether oxygens (including phenoxy) is 4. The molecule has 1 aromatic rings. The van der Waals surface area contributed by atoms with Crippen molar-refractivity contribution in [2.45, 2.75) is 32.5 Å². The number of carbonyl (C=O) groups is 2. The predicted molar refractivity (Wildman–Crippen MR) is 91.1 cm³/mol. The second-order valence-electron chi connectivity index (χ2n) is 5.35. The topological polar surface area (TPSA) is 71.1 Å². The Balaban J connectivity index is 2.06. The molecule has 1 atom stereocenters. The number of esters is 1. The van der Waals surface area contributed by atoms with Crippen molar-refractivity contribution < 1.29 is 28.5 Å². The minimum absolute atomic E-state index is 0.110. The highest BCUT2D eigenvalue weighted by atomic mass is 79.9. The standard InChI is InChI=1S/C17H21BrO6/c1-11-16(20)12-5-6-14(21-2)17(13(12)9-23-11)24-10-15(19)22-8-4-3-7-18/h5-6,11H,3-4,7-10H2,1-2H3. The largest absolute Gasteiger partial charge is 0.493 e. The van der Waals surface area contributed by atoms with E-state index in [1.807, 2.05) is 0 Å². The first-order valence-corrected chi connectivity index (χ1v) is 8.90. The number of hydrogen-bond acceptors (Lipinski definition) is 6. The number of Topliss-reactive ketones (excluding diaryl/α,β-unsaturated/α-hetero) is 1. The van der Waals surface area contributed by atoms with Gasteiger partial charge in [0, 0.05) is 16.5 Å². The Hall–Kier alpha value is -1.60. The van der Waals surface area contributed by atoms with E-state index < -0.39 is 12.1 Å². The lowest BCUT2D eigenvalue weighted by Crippen LogP contribution is -2.28. The Morgan fingerprint density at radius 1 is 1.38 bits per heavy atom. The fourth-order valence-corrected chi connectivity index (χ4v) is 2.75. The zero-order valence-corrected chi connectivity index (χ0v) is 15.4. The third-order valence-corrected chi connectivity index (χ3v) is 4.24. The number of hydrogen-bond donors (Lipinski definition) is 0. The molecule has 1 aromatic carbocycles. The summed E-state index contributed by atoms with van der Waals surface area (Å²) in [6, 6.07) is 3.35. The Bertz CT molecular complexity index is 601. The van der Waals surface area contributed by atoms with Crippen LogP contribution in [0.5, 0.6) is 11.5 Å². The maximum absolute atomic E-state index is 12.2. The van der Waals surface area contributed by atoms with E-state index in [4.69, 9.17) is 18.9 Å². The van der Waals surface area contributed by atoms with Crippen LogP contribution in [-0.2, 0) is 20.9 Å². The molecule has 0 spiro atoms. The van der Waals surface area contributed by atoms with Crippen molar-refractivity contribution in [2.75, 3.05) is 25.7 Å². The van der Waals surface area contributed by atoms with Gasteiger partial charge in [0.25, 0.3) is 0 Å². The number of carbonyl (C=O) groups excluding carboxylic acids is 2. The fourth-order valence-electron chi connectivity index (χ4n) is 2.36. The summed E-state index contributed by atoms with van der Waals surface area (Å²) in [5, 5.41) is 0.876. The van der Waals surface area contributed by atoms with E-state index in [0.29, 0.717) is 29.2 Å². The monoisotopic (exact) mass is 400 g/mol. The molecule has 2 rings (SSSR count). The van der Waals surface area contributed by atoms with Crippen LogP contribution < -0.4 is 9.47 Å². The van der Waals surface area contributed by atoms with Crippen LogP contribution in [0.4, 0.5) is 0 Å². The third-order valence-electron chi connectivity index (χ3n) is 3.68. The van der Waals surface area contributed by atoms with Crippen molar-refractivity contribution in [3.8, 4) is 11.5 Å². The molecule has 0 radical (unpaired) electrons. The minimum atomic E-state index is -0.488. The van der Waals surface area contributed by atoms with Crippen LogP contribution in [0.15, 0.2) is 12.1 Å². The van der Waals surface area contributed by atoms with Gasteiger partial charge in [-0.15, -0.1) is 0 Å². The molecule has 0 saturated heterocycles. The number of fused-ring (bicyclic) bond motifs is 1. The molecule has 1 aliphatic rings. The Kier molecular flexibility index (Phi) is 7.05. The summed E-state index contributed by atoms with van der Waals surface area (Å²) in [5.74, 6) is 0.237. The van der Waals surface area contributed by atoms with Crippen LogP contribution in [-0.4, -0.2) is 43.5 Å². The molecule has 0 aliphatic carbocycles. The molecule has 0 aromatic heterocycles. The van der Waals surface area contributed by atoms with Crippen LogP contribution in [0.1, 0.15) is 35.7 Å². The number of benzene rings is 1. The predicted octanol–water partition coefficient (Wildman–Crippen LogP) is 2.89. The number of methoxy groups -OCH3 is 1. The number of ketones is 1. The van der Waals surface area contributed by atoms with Gasteiger partial charge in [0.05, 0.1) is 20.3 Å². The Morgan fingerprint density at radius 2 is 2.17 bits per heavy atom. The summed E-state index contributed by atoms with van der Waals surface area (Å²) in [7, 11) is 1.50. The Labute approximate surface area is 149 Å². The van der Waals surface area contributed by atoms with Gasteiger partial charge in [0.15, 0.2) is 23.9 Å². The van der Waals surface area contributed by atoms with Gasteiger partial charge < -0.3 is 18.9 Å². The normalized spacial score (nSPS) is 16.5. The molecule has 0 saturated carbocycles. The van der Waals surface area contributed by atoms with Crippen LogP contribution in [0, 0.1) is 0 Å². The highest BCUT2D eigenvalue weighted by Crippen LogP contribution is 2.37. The van der Waals surface area contributed by atoms with Crippen molar-refractivity contribution in [1.29, 1.82) is 0 Å². The number of halogens is 1. The molecular weight excluding hydrogens is 380 g/mol. The van der Waals surface area contributed by atoms with E-state index in [1.165, 1.54) is 7.11 Å². The maximum atomic E-state index is 12.2. The van der Waals surface area contributed by atoms with Gasteiger partial charge in [0.2, 0.25) is 0 Å². The van der Waals surface area contributed by atoms with Crippen LogP contribution in [0.25, 0.3) is 0 Å². The van der Waals surface area contributed by atoms with Crippen molar-refractivity contribution in [3.05, 3.63) is 23.3 Å². The molecule has 7 heteroatoms. The SMILES string of the molecule is COc1ccc2c(c1OCC(=O)OCCCCBr)COC(C)C2=O. The van der Waals surface area contributed by atoms with Gasteiger partial charge >= 0.3 is 5.97 Å². The quantitative estimate of drug-likeness (QED) is 0.379. The highest BCUT2D eigenvalue weighted by molar-refractivity contribution is 9.09. The van der Waals surface area contributed by atoms with E-state index in [0.717, 1.165) is 18.2 Å². The van der Waals surface area contributed by atoms with E-state index in [9.17, 15) is 9.59 Å². The molecular formula is C17H21BrO6.